The quantitative estimate of drug-likeness (QED) is 0.860. The molecule has 0 fully saturated rings. The summed E-state index contributed by atoms with van der Waals surface area (Å²) in [7, 11) is 0. The molecule has 1 aromatic carbocycles. The van der Waals surface area contributed by atoms with Crippen LogP contribution in [0.15, 0.2) is 30.3 Å². The molecule has 3 rings (SSSR count). The van der Waals surface area contributed by atoms with E-state index in [1.54, 1.807) is 0 Å². The van der Waals surface area contributed by atoms with E-state index in [2.05, 4.69) is 15.5 Å². The molecule has 0 spiro atoms. The zero-order valence-electron chi connectivity index (χ0n) is 10.4. The van der Waals surface area contributed by atoms with E-state index >= 15 is 0 Å². The van der Waals surface area contributed by atoms with Gasteiger partial charge in [0.05, 0.1) is 17.8 Å². The Morgan fingerprint density at radius 3 is 2.84 bits per heavy atom. The molecule has 5 nitrogen and oxygen atoms in total. The molecule has 1 aliphatic heterocycles. The van der Waals surface area contributed by atoms with Crippen LogP contribution in [0.4, 0.5) is 5.69 Å². The molecule has 0 bridgehead atoms. The molecule has 0 atom stereocenters. The normalized spacial score (nSPS) is 13.2. The molecule has 0 saturated carbocycles. The highest BCUT2D eigenvalue weighted by Crippen LogP contribution is 2.27. The lowest BCUT2D eigenvalue weighted by molar-refractivity contribution is -0.115. The maximum absolute atomic E-state index is 11.3. The molecule has 5 heteroatoms. The zero-order chi connectivity index (χ0) is 13.2. The van der Waals surface area contributed by atoms with Crippen molar-refractivity contribution in [2.75, 3.05) is 11.9 Å². The number of benzene rings is 1. The molecule has 1 aromatic heterocycles. The van der Waals surface area contributed by atoms with Crippen LogP contribution in [0.1, 0.15) is 11.3 Å². The molecule has 0 aliphatic carbocycles. The van der Waals surface area contributed by atoms with E-state index in [9.17, 15) is 4.79 Å². The number of nitrogens with two attached hydrogens (primary N) is 1. The van der Waals surface area contributed by atoms with Crippen molar-refractivity contribution in [1.29, 1.82) is 0 Å². The minimum atomic E-state index is 0.0385. The van der Waals surface area contributed by atoms with Crippen LogP contribution in [0.2, 0.25) is 0 Å². The number of nitrogens with zero attached hydrogens (tertiary/aromatic N) is 2. The fourth-order valence-corrected chi connectivity index (χ4v) is 2.18. The minimum Gasteiger partial charge on any atom is -0.330 e. The third kappa shape index (κ3) is 2.32. The Balaban J connectivity index is 1.90. The number of amides is 1. The van der Waals surface area contributed by atoms with Crippen LogP contribution in [0.25, 0.3) is 11.3 Å². The number of anilines is 1. The lowest BCUT2D eigenvalue weighted by Gasteiger charge is -2.04. The van der Waals surface area contributed by atoms with Crippen molar-refractivity contribution in [3.8, 4) is 11.3 Å². The fourth-order valence-electron chi connectivity index (χ4n) is 2.18. The van der Waals surface area contributed by atoms with Crippen LogP contribution < -0.4 is 11.1 Å². The molecule has 0 unspecified atom stereocenters. The lowest BCUT2D eigenvalue weighted by Crippen LogP contribution is -2.05. The summed E-state index contributed by atoms with van der Waals surface area (Å²) in [5, 5.41) is 11.2. The van der Waals surface area contributed by atoms with Crippen LogP contribution >= 0.6 is 0 Å². The van der Waals surface area contributed by atoms with E-state index in [-0.39, 0.29) is 5.91 Å². The molecule has 0 saturated heterocycles. The average molecular weight is 254 g/mol. The first-order valence-electron chi connectivity index (χ1n) is 6.22. The molecule has 2 aromatic rings. The van der Waals surface area contributed by atoms with Gasteiger partial charge in [-0.25, -0.2) is 0 Å². The first-order chi connectivity index (χ1) is 9.26. The summed E-state index contributed by atoms with van der Waals surface area (Å²) < 4.78 is 0. The van der Waals surface area contributed by atoms with Crippen LogP contribution in [0.5, 0.6) is 0 Å². The summed E-state index contributed by atoms with van der Waals surface area (Å²) in [5.41, 5.74) is 10.1. The van der Waals surface area contributed by atoms with Crippen LogP contribution in [0.3, 0.4) is 0 Å². The van der Waals surface area contributed by atoms with Gasteiger partial charge in [0.15, 0.2) is 0 Å². The van der Waals surface area contributed by atoms with Crippen molar-refractivity contribution in [2.45, 2.75) is 12.8 Å². The molecule has 2 heterocycles. The summed E-state index contributed by atoms with van der Waals surface area (Å²) in [4.78, 5) is 11.3. The molecule has 3 N–H and O–H groups in total. The number of hydrogen-bond donors (Lipinski definition) is 2. The van der Waals surface area contributed by atoms with Gasteiger partial charge in [-0.05, 0) is 36.4 Å². The SMILES string of the molecule is NCCc1ccc(-c2ccc3c(c2)CC(=O)N3)nn1. The topological polar surface area (TPSA) is 80.9 Å². The van der Waals surface area contributed by atoms with Crippen molar-refractivity contribution < 1.29 is 4.79 Å². The molecular formula is C14H14N4O. The van der Waals surface area contributed by atoms with E-state index in [1.807, 2.05) is 30.3 Å². The summed E-state index contributed by atoms with van der Waals surface area (Å²) in [6.45, 7) is 0.570. The molecular weight excluding hydrogens is 240 g/mol. The van der Waals surface area contributed by atoms with E-state index in [0.717, 1.165) is 34.6 Å². The maximum atomic E-state index is 11.3. The minimum absolute atomic E-state index is 0.0385. The first-order valence-corrected chi connectivity index (χ1v) is 6.22. The monoisotopic (exact) mass is 254 g/mol. The first kappa shape index (κ1) is 11.8. The second-order valence-corrected chi connectivity index (χ2v) is 4.55. The number of rotatable bonds is 3. The molecule has 1 aliphatic rings. The molecule has 96 valence electrons. The van der Waals surface area contributed by atoms with Gasteiger partial charge in [-0.3, -0.25) is 4.79 Å². The largest absolute Gasteiger partial charge is 0.330 e. The second kappa shape index (κ2) is 4.78. The standard InChI is InChI=1S/C14H14N4O/c15-6-5-11-2-4-13(18-17-11)9-1-3-12-10(7-9)8-14(19)16-12/h1-4,7H,5-6,8,15H2,(H,16,19). The van der Waals surface area contributed by atoms with Gasteiger partial charge in [0.1, 0.15) is 0 Å². The maximum Gasteiger partial charge on any atom is 0.228 e. The number of carbonyl (C=O) groups excluding carboxylic acids is 1. The Morgan fingerprint density at radius 1 is 1.21 bits per heavy atom. The highest BCUT2D eigenvalue weighted by molar-refractivity contribution is 5.99. The Labute approximate surface area is 110 Å². The van der Waals surface area contributed by atoms with Crippen molar-refractivity contribution in [3.05, 3.63) is 41.6 Å². The predicted octanol–water partition coefficient (Wildman–Crippen LogP) is 1.14. The number of hydrogen-bond acceptors (Lipinski definition) is 4. The smallest absolute Gasteiger partial charge is 0.228 e. The highest BCUT2D eigenvalue weighted by Gasteiger charge is 2.17. The van der Waals surface area contributed by atoms with Crippen LogP contribution in [-0.2, 0) is 17.6 Å². The summed E-state index contributed by atoms with van der Waals surface area (Å²) in [6.07, 6.45) is 1.16. The number of carbonyl (C=O) groups is 1. The van der Waals surface area contributed by atoms with E-state index < -0.39 is 0 Å². The van der Waals surface area contributed by atoms with Crippen molar-refractivity contribution in [2.24, 2.45) is 5.73 Å². The van der Waals surface area contributed by atoms with Gasteiger partial charge in [0, 0.05) is 17.7 Å². The van der Waals surface area contributed by atoms with Gasteiger partial charge >= 0.3 is 0 Å². The lowest BCUT2D eigenvalue weighted by atomic mass is 10.1. The molecule has 1 amide bonds. The number of aromatic nitrogens is 2. The summed E-state index contributed by atoms with van der Waals surface area (Å²) in [6, 6.07) is 9.71. The Hall–Kier alpha value is -2.27. The molecule has 0 radical (unpaired) electrons. The van der Waals surface area contributed by atoms with Crippen molar-refractivity contribution in [1.82, 2.24) is 10.2 Å². The third-order valence-corrected chi connectivity index (χ3v) is 3.15. The van der Waals surface area contributed by atoms with Crippen LogP contribution in [0, 0.1) is 0 Å². The molecule has 19 heavy (non-hydrogen) atoms. The average Bonchev–Trinajstić information content (AvgIpc) is 2.79. The van der Waals surface area contributed by atoms with Gasteiger partial charge < -0.3 is 11.1 Å². The summed E-state index contributed by atoms with van der Waals surface area (Å²) in [5.74, 6) is 0.0385. The third-order valence-electron chi connectivity index (χ3n) is 3.15. The van der Waals surface area contributed by atoms with Gasteiger partial charge in [0.2, 0.25) is 5.91 Å². The van der Waals surface area contributed by atoms with E-state index in [4.69, 9.17) is 5.73 Å². The highest BCUT2D eigenvalue weighted by atomic mass is 16.1. The van der Waals surface area contributed by atoms with Crippen LogP contribution in [-0.4, -0.2) is 22.6 Å². The van der Waals surface area contributed by atoms with Gasteiger partial charge in [-0.1, -0.05) is 6.07 Å². The van der Waals surface area contributed by atoms with E-state index in [0.29, 0.717) is 13.0 Å². The van der Waals surface area contributed by atoms with Gasteiger partial charge in [-0.15, -0.1) is 0 Å². The van der Waals surface area contributed by atoms with Crippen molar-refractivity contribution >= 4 is 11.6 Å². The zero-order valence-corrected chi connectivity index (χ0v) is 10.4. The second-order valence-electron chi connectivity index (χ2n) is 4.55. The Kier molecular flexibility index (Phi) is 2.97. The fraction of sp³-hybridized carbons (Fsp3) is 0.214. The van der Waals surface area contributed by atoms with Gasteiger partial charge in [-0.2, -0.15) is 10.2 Å². The Bertz CT molecular complexity index is 622. The summed E-state index contributed by atoms with van der Waals surface area (Å²) >= 11 is 0. The number of nitrogens with one attached hydrogen (secondary N) is 1. The van der Waals surface area contributed by atoms with Gasteiger partial charge in [0.25, 0.3) is 0 Å². The predicted molar refractivity (Wildman–Crippen MR) is 72.6 cm³/mol. The van der Waals surface area contributed by atoms with Crippen molar-refractivity contribution in [3.63, 3.8) is 0 Å². The number of fused-ring (bicyclic) bond motifs is 1. The Morgan fingerprint density at radius 2 is 2.11 bits per heavy atom. The van der Waals surface area contributed by atoms with E-state index in [1.165, 1.54) is 0 Å².